The second-order valence-corrected chi connectivity index (χ2v) is 9.64. The first kappa shape index (κ1) is 22.4. The molecule has 1 atom stereocenters. The number of methoxy groups -OCH3 is 1. The summed E-state index contributed by atoms with van der Waals surface area (Å²) in [5, 5.41) is 6.18. The minimum Gasteiger partial charge on any atom is -0.495 e. The van der Waals surface area contributed by atoms with Crippen LogP contribution in [0.5, 0.6) is 5.75 Å². The molecule has 0 radical (unpaired) electrons. The summed E-state index contributed by atoms with van der Waals surface area (Å²) >= 11 is 7.90. The Bertz CT molecular complexity index is 1410. The van der Waals surface area contributed by atoms with Crippen molar-refractivity contribution in [3.05, 3.63) is 82.1 Å². The number of amides is 2. The van der Waals surface area contributed by atoms with Crippen LogP contribution in [0.4, 0.5) is 10.1 Å². The van der Waals surface area contributed by atoms with Crippen LogP contribution in [-0.4, -0.2) is 29.0 Å². The molecule has 0 unspecified atom stereocenters. The van der Waals surface area contributed by atoms with Crippen LogP contribution in [-0.2, 0) is 17.9 Å². The summed E-state index contributed by atoms with van der Waals surface area (Å²) in [5.74, 6) is -0.500. The molecule has 5 rings (SSSR count). The van der Waals surface area contributed by atoms with E-state index in [9.17, 15) is 14.0 Å². The minimum absolute atomic E-state index is 0.201. The normalized spacial score (nSPS) is 17.6. The van der Waals surface area contributed by atoms with Crippen molar-refractivity contribution in [2.24, 2.45) is 0 Å². The van der Waals surface area contributed by atoms with Gasteiger partial charge in [0.05, 0.1) is 18.7 Å². The Kier molecular flexibility index (Phi) is 5.58. The molecule has 1 aliphatic heterocycles. The Hall–Kier alpha value is -3.36. The molecule has 0 spiro atoms. The second kappa shape index (κ2) is 8.45. The van der Waals surface area contributed by atoms with Crippen molar-refractivity contribution < 1.29 is 18.7 Å². The van der Waals surface area contributed by atoms with Gasteiger partial charge < -0.3 is 14.6 Å². The van der Waals surface area contributed by atoms with Gasteiger partial charge in [-0.05, 0) is 60.3 Å². The Morgan fingerprint density at radius 2 is 1.97 bits per heavy atom. The average Bonchev–Trinajstić information content (AvgIpc) is 3.41. The molecule has 1 aliphatic rings. The number of ether oxygens (including phenoxy) is 1. The maximum atomic E-state index is 13.8. The molecule has 9 heteroatoms. The summed E-state index contributed by atoms with van der Waals surface area (Å²) in [4.78, 5) is 29.9. The molecule has 0 saturated heterocycles. The number of halogens is 2. The number of rotatable bonds is 5. The smallest absolute Gasteiger partial charge is 0.275 e. The summed E-state index contributed by atoms with van der Waals surface area (Å²) in [6.07, 6.45) is 0. The first-order chi connectivity index (χ1) is 16.3. The number of carbonyl (C=O) groups is 2. The van der Waals surface area contributed by atoms with Gasteiger partial charge >= 0.3 is 0 Å². The van der Waals surface area contributed by atoms with Gasteiger partial charge in [-0.3, -0.25) is 14.5 Å². The summed E-state index contributed by atoms with van der Waals surface area (Å²) in [6, 6.07) is 14.8. The largest absolute Gasteiger partial charge is 0.495 e. The predicted octanol–water partition coefficient (Wildman–Crippen LogP) is 5.24. The molecule has 1 N–H and O–H groups in total. The fourth-order valence-electron chi connectivity index (χ4n) is 4.37. The van der Waals surface area contributed by atoms with Crippen LogP contribution in [0, 0.1) is 5.82 Å². The van der Waals surface area contributed by atoms with E-state index < -0.39 is 5.54 Å². The van der Waals surface area contributed by atoms with E-state index in [0.29, 0.717) is 22.2 Å². The van der Waals surface area contributed by atoms with Gasteiger partial charge in [0.15, 0.2) is 0 Å². The van der Waals surface area contributed by atoms with Crippen LogP contribution >= 0.6 is 22.9 Å². The van der Waals surface area contributed by atoms with Crippen LogP contribution in [0.15, 0.2) is 60.0 Å². The lowest BCUT2D eigenvalue weighted by atomic mass is 9.93. The molecule has 3 heterocycles. The average molecular weight is 498 g/mol. The predicted molar refractivity (Wildman–Crippen MR) is 131 cm³/mol. The summed E-state index contributed by atoms with van der Waals surface area (Å²) in [6.45, 7) is 2.20. The Labute approximate surface area is 204 Å². The zero-order valence-corrected chi connectivity index (χ0v) is 20.0. The fraction of sp³-hybridized carbons (Fsp3) is 0.200. The fourth-order valence-corrected chi connectivity index (χ4v) is 5.52. The molecule has 2 aromatic heterocycles. The van der Waals surface area contributed by atoms with Gasteiger partial charge in [0.25, 0.3) is 5.91 Å². The van der Waals surface area contributed by atoms with Gasteiger partial charge in [-0.2, -0.15) is 0 Å². The molecule has 34 heavy (non-hydrogen) atoms. The van der Waals surface area contributed by atoms with E-state index in [0.717, 1.165) is 15.8 Å². The molecule has 2 amide bonds. The molecular weight excluding hydrogens is 477 g/mol. The molecule has 0 saturated carbocycles. The number of hydrogen-bond acceptors (Lipinski definition) is 4. The Morgan fingerprint density at radius 1 is 1.21 bits per heavy atom. The summed E-state index contributed by atoms with van der Waals surface area (Å²) < 4.78 is 20.4. The highest BCUT2D eigenvalue weighted by Crippen LogP contribution is 2.39. The topological polar surface area (TPSA) is 63.6 Å². The highest BCUT2D eigenvalue weighted by atomic mass is 35.5. The van der Waals surface area contributed by atoms with Crippen molar-refractivity contribution >= 4 is 50.7 Å². The number of carbonyl (C=O) groups excluding carboxylic acids is 2. The maximum absolute atomic E-state index is 13.8. The first-order valence-electron chi connectivity index (χ1n) is 10.6. The van der Waals surface area contributed by atoms with Crippen LogP contribution in [0.1, 0.15) is 23.0 Å². The Morgan fingerprint density at radius 3 is 2.68 bits per heavy atom. The SMILES string of the molecule is COc1ccc(N2C(=O)c3cc4ccsc4n3C[C@]2(C)C(=O)NCc2ccc(F)cc2)cc1Cl. The van der Waals surface area contributed by atoms with E-state index in [2.05, 4.69) is 5.32 Å². The summed E-state index contributed by atoms with van der Waals surface area (Å²) in [5.41, 5.74) is 0.503. The zero-order valence-electron chi connectivity index (χ0n) is 18.5. The molecule has 0 aliphatic carbocycles. The van der Waals surface area contributed by atoms with Crippen molar-refractivity contribution in [3.63, 3.8) is 0 Å². The van der Waals surface area contributed by atoms with Crippen molar-refractivity contribution in [2.75, 3.05) is 12.0 Å². The van der Waals surface area contributed by atoms with E-state index in [-0.39, 0.29) is 30.7 Å². The van der Waals surface area contributed by atoms with Gasteiger partial charge in [0, 0.05) is 17.6 Å². The van der Waals surface area contributed by atoms with Gasteiger partial charge in [-0.1, -0.05) is 23.7 Å². The van der Waals surface area contributed by atoms with Gasteiger partial charge in [-0.15, -0.1) is 11.3 Å². The van der Waals surface area contributed by atoms with E-state index in [1.165, 1.54) is 35.5 Å². The second-order valence-electron chi connectivity index (χ2n) is 8.34. The van der Waals surface area contributed by atoms with Crippen LogP contribution < -0.4 is 15.0 Å². The minimum atomic E-state index is -1.25. The standard InChI is InChI=1S/C25H21ClFN3O3S/c1-25(24(32)28-13-15-3-5-17(27)6-4-15)14-29-20(11-16-9-10-34-23(16)29)22(31)30(25)18-7-8-21(33-2)19(26)12-18/h3-12H,13-14H2,1-2H3,(H,28,32)/t25-/m1/s1. The van der Waals surface area contributed by atoms with Crippen LogP contribution in [0.25, 0.3) is 10.2 Å². The van der Waals surface area contributed by atoms with Crippen LogP contribution in [0.3, 0.4) is 0 Å². The highest BCUT2D eigenvalue weighted by molar-refractivity contribution is 7.16. The van der Waals surface area contributed by atoms with Gasteiger partial charge in [0.2, 0.25) is 5.91 Å². The summed E-state index contributed by atoms with van der Waals surface area (Å²) in [7, 11) is 1.51. The van der Waals surface area contributed by atoms with Crippen molar-refractivity contribution in [2.45, 2.75) is 25.6 Å². The molecule has 0 bridgehead atoms. The quantitative estimate of drug-likeness (QED) is 0.410. The monoisotopic (exact) mass is 497 g/mol. The van der Waals surface area contributed by atoms with Crippen LogP contribution in [0.2, 0.25) is 5.02 Å². The van der Waals surface area contributed by atoms with E-state index in [1.54, 1.807) is 37.3 Å². The molecule has 4 aromatic rings. The first-order valence-corrected chi connectivity index (χ1v) is 11.8. The third-order valence-corrected chi connectivity index (χ3v) is 7.38. The lowest BCUT2D eigenvalue weighted by molar-refractivity contribution is -0.126. The third kappa shape index (κ3) is 3.63. The molecule has 0 fully saturated rings. The number of nitrogens with one attached hydrogen (secondary N) is 1. The van der Waals surface area contributed by atoms with Crippen molar-refractivity contribution in [3.8, 4) is 5.75 Å². The number of benzene rings is 2. The third-order valence-electron chi connectivity index (χ3n) is 6.13. The van der Waals surface area contributed by atoms with Crippen molar-refractivity contribution in [1.82, 2.24) is 9.88 Å². The number of aromatic nitrogens is 1. The number of nitrogens with zero attached hydrogens (tertiary/aromatic N) is 2. The Balaban J connectivity index is 1.56. The molecular formula is C25H21ClFN3O3S. The maximum Gasteiger partial charge on any atom is 0.275 e. The lowest BCUT2D eigenvalue weighted by Gasteiger charge is -2.44. The van der Waals surface area contributed by atoms with Gasteiger partial charge in [-0.25, -0.2) is 4.39 Å². The molecule has 6 nitrogen and oxygen atoms in total. The highest BCUT2D eigenvalue weighted by Gasteiger charge is 2.48. The number of anilines is 1. The lowest BCUT2D eigenvalue weighted by Crippen LogP contribution is -2.64. The van der Waals surface area contributed by atoms with E-state index in [4.69, 9.17) is 16.3 Å². The number of thiophene rings is 1. The van der Waals surface area contributed by atoms with Crippen molar-refractivity contribution in [1.29, 1.82) is 0 Å². The van der Waals surface area contributed by atoms with E-state index in [1.807, 2.05) is 22.1 Å². The van der Waals surface area contributed by atoms with E-state index >= 15 is 0 Å². The van der Waals surface area contributed by atoms with Gasteiger partial charge in [0.1, 0.15) is 27.6 Å². The molecule has 2 aromatic carbocycles. The number of hydrogen-bond donors (Lipinski definition) is 1. The number of fused-ring (bicyclic) bond motifs is 3. The zero-order chi connectivity index (χ0) is 24.0. The molecule has 174 valence electrons.